The zero-order valence-electron chi connectivity index (χ0n) is 18.2. The van der Waals surface area contributed by atoms with Crippen molar-refractivity contribution in [2.24, 2.45) is 11.5 Å². The summed E-state index contributed by atoms with van der Waals surface area (Å²) in [7, 11) is 0. The van der Waals surface area contributed by atoms with Crippen molar-refractivity contribution in [3.63, 3.8) is 0 Å². The van der Waals surface area contributed by atoms with Gasteiger partial charge >= 0.3 is 11.9 Å². The highest BCUT2D eigenvalue weighted by molar-refractivity contribution is 5.90. The number of aromatic nitrogens is 4. The molecule has 34 heavy (non-hydrogen) atoms. The predicted molar refractivity (Wildman–Crippen MR) is 127 cm³/mol. The molecule has 174 valence electrons. The lowest BCUT2D eigenvalue weighted by Crippen LogP contribution is -2.11. The maximum absolute atomic E-state index is 10.8. The number of aromatic carboxylic acids is 2. The highest BCUT2D eigenvalue weighted by atomic mass is 16.4. The monoisotopic (exact) mass is 460 g/mol. The summed E-state index contributed by atoms with van der Waals surface area (Å²) in [6, 6.07) is 17.0. The van der Waals surface area contributed by atoms with Gasteiger partial charge in [-0.3, -0.25) is 19.9 Å². The number of hydrogen-bond donors (Lipinski definition) is 4. The van der Waals surface area contributed by atoms with Crippen molar-refractivity contribution in [3.05, 3.63) is 96.6 Å². The van der Waals surface area contributed by atoms with E-state index < -0.39 is 11.9 Å². The Bertz CT molecular complexity index is 1100. The second-order valence-corrected chi connectivity index (χ2v) is 6.48. The number of carbonyl (C=O) groups is 2. The van der Waals surface area contributed by atoms with Gasteiger partial charge in [-0.05, 0) is 48.5 Å². The second kappa shape index (κ2) is 13.8. The van der Waals surface area contributed by atoms with Gasteiger partial charge in [-0.15, -0.1) is 0 Å². The molecule has 0 aliphatic rings. The largest absolute Gasteiger partial charge is 0.478 e. The SMILES string of the molecule is NCCN.O=C(O)c1ccnc(-c2cc(C(=O)O)ccn2)c1.c1ccc(-c2ccccn2)nc1. The number of hydrogen-bond acceptors (Lipinski definition) is 8. The van der Waals surface area contributed by atoms with Gasteiger partial charge in [-0.2, -0.15) is 0 Å². The number of carboxylic acids is 2. The summed E-state index contributed by atoms with van der Waals surface area (Å²) in [5, 5.41) is 17.7. The summed E-state index contributed by atoms with van der Waals surface area (Å²) in [6.07, 6.45) is 6.22. The van der Waals surface area contributed by atoms with Crippen LogP contribution in [0.2, 0.25) is 0 Å². The minimum Gasteiger partial charge on any atom is -0.478 e. The fraction of sp³-hybridized carbons (Fsp3) is 0.0833. The summed E-state index contributed by atoms with van der Waals surface area (Å²) in [5.41, 5.74) is 12.4. The summed E-state index contributed by atoms with van der Waals surface area (Å²) in [6.45, 7) is 1.19. The highest BCUT2D eigenvalue weighted by Crippen LogP contribution is 2.16. The maximum Gasteiger partial charge on any atom is 0.335 e. The first-order valence-corrected chi connectivity index (χ1v) is 10.1. The molecular formula is C24H24N6O4. The first kappa shape index (κ1) is 25.7. The van der Waals surface area contributed by atoms with E-state index in [-0.39, 0.29) is 11.1 Å². The van der Waals surface area contributed by atoms with Gasteiger partial charge in [-0.25, -0.2) is 9.59 Å². The molecule has 0 bridgehead atoms. The third-order valence-electron chi connectivity index (χ3n) is 4.04. The fourth-order valence-corrected chi connectivity index (χ4v) is 2.44. The van der Waals surface area contributed by atoms with Crippen LogP contribution >= 0.6 is 0 Å². The third-order valence-corrected chi connectivity index (χ3v) is 4.04. The molecule has 10 heteroatoms. The molecule has 0 atom stereocenters. The van der Waals surface area contributed by atoms with Crippen LogP contribution in [0.25, 0.3) is 22.8 Å². The van der Waals surface area contributed by atoms with E-state index in [9.17, 15) is 9.59 Å². The molecule has 0 saturated carbocycles. The van der Waals surface area contributed by atoms with E-state index in [2.05, 4.69) is 19.9 Å². The Labute approximate surface area is 196 Å². The molecule has 0 aliphatic heterocycles. The van der Waals surface area contributed by atoms with Gasteiger partial charge in [0.1, 0.15) is 0 Å². The van der Waals surface area contributed by atoms with Crippen molar-refractivity contribution in [2.45, 2.75) is 0 Å². The van der Waals surface area contributed by atoms with Crippen LogP contribution in [-0.2, 0) is 0 Å². The molecule has 6 N–H and O–H groups in total. The molecule has 0 fully saturated rings. The molecule has 0 unspecified atom stereocenters. The van der Waals surface area contributed by atoms with Crippen LogP contribution in [0.4, 0.5) is 0 Å². The molecule has 4 heterocycles. The molecule has 0 radical (unpaired) electrons. The molecule has 4 aromatic rings. The zero-order valence-corrected chi connectivity index (χ0v) is 18.2. The van der Waals surface area contributed by atoms with E-state index in [1.54, 1.807) is 12.4 Å². The first-order chi connectivity index (χ1) is 16.5. The van der Waals surface area contributed by atoms with Crippen LogP contribution in [-0.4, -0.2) is 55.2 Å². The minimum atomic E-state index is -1.08. The van der Waals surface area contributed by atoms with Crippen molar-refractivity contribution in [2.75, 3.05) is 13.1 Å². The van der Waals surface area contributed by atoms with Crippen molar-refractivity contribution in [1.82, 2.24) is 19.9 Å². The van der Waals surface area contributed by atoms with E-state index in [4.69, 9.17) is 21.7 Å². The smallest absolute Gasteiger partial charge is 0.335 e. The summed E-state index contributed by atoms with van der Waals surface area (Å²) >= 11 is 0. The number of carboxylic acid groups (broad SMARTS) is 2. The van der Waals surface area contributed by atoms with Crippen LogP contribution in [0.1, 0.15) is 20.7 Å². The number of nitrogens with two attached hydrogens (primary N) is 2. The van der Waals surface area contributed by atoms with E-state index in [1.165, 1.54) is 36.7 Å². The predicted octanol–water partition coefficient (Wildman–Crippen LogP) is 2.59. The van der Waals surface area contributed by atoms with Crippen LogP contribution in [0.15, 0.2) is 85.5 Å². The van der Waals surface area contributed by atoms with Gasteiger partial charge < -0.3 is 21.7 Å². The topological polar surface area (TPSA) is 178 Å². The number of pyridine rings is 4. The summed E-state index contributed by atoms with van der Waals surface area (Å²) in [5.74, 6) is -2.15. The van der Waals surface area contributed by atoms with Crippen LogP contribution in [0, 0.1) is 0 Å². The van der Waals surface area contributed by atoms with E-state index in [0.29, 0.717) is 24.5 Å². The molecular weight excluding hydrogens is 436 g/mol. The van der Waals surface area contributed by atoms with Gasteiger partial charge in [0.2, 0.25) is 0 Å². The quantitative estimate of drug-likeness (QED) is 0.346. The lowest BCUT2D eigenvalue weighted by Gasteiger charge is -2.02. The number of nitrogens with zero attached hydrogens (tertiary/aromatic N) is 4. The Morgan fingerprint density at radius 2 is 0.971 bits per heavy atom. The van der Waals surface area contributed by atoms with Gasteiger partial charge in [0, 0.05) is 37.9 Å². The lowest BCUT2D eigenvalue weighted by molar-refractivity contribution is 0.0686. The van der Waals surface area contributed by atoms with Gasteiger partial charge in [0.05, 0.1) is 33.9 Å². The Hall–Kier alpha value is -4.54. The van der Waals surface area contributed by atoms with Crippen LogP contribution < -0.4 is 11.5 Å². The summed E-state index contributed by atoms with van der Waals surface area (Å²) < 4.78 is 0. The van der Waals surface area contributed by atoms with E-state index >= 15 is 0 Å². The second-order valence-electron chi connectivity index (χ2n) is 6.48. The van der Waals surface area contributed by atoms with Gasteiger partial charge in [0.15, 0.2) is 0 Å². The van der Waals surface area contributed by atoms with E-state index in [1.807, 2.05) is 36.4 Å². The molecule has 0 aromatic carbocycles. The zero-order chi connectivity index (χ0) is 24.8. The maximum atomic E-state index is 10.8. The molecule has 0 amide bonds. The molecule has 10 nitrogen and oxygen atoms in total. The number of rotatable bonds is 5. The standard InChI is InChI=1S/C12H8N2O4.C10H8N2.C2H8N2/c15-11(16)7-1-3-13-9(5-7)10-6-8(12(17)18)2-4-14-10;1-3-7-11-9(5-1)10-6-2-4-8-12-10;3-1-2-4/h1-6H,(H,15,16)(H,17,18);1-8H;1-4H2. The van der Waals surface area contributed by atoms with Crippen molar-refractivity contribution < 1.29 is 19.8 Å². The van der Waals surface area contributed by atoms with Crippen molar-refractivity contribution >= 4 is 11.9 Å². The lowest BCUT2D eigenvalue weighted by atomic mass is 10.1. The van der Waals surface area contributed by atoms with Crippen molar-refractivity contribution in [3.8, 4) is 22.8 Å². The molecule has 0 aliphatic carbocycles. The Morgan fingerprint density at radius 3 is 1.26 bits per heavy atom. The minimum absolute atomic E-state index is 0.0718. The molecule has 4 aromatic heterocycles. The van der Waals surface area contributed by atoms with Gasteiger partial charge in [0.25, 0.3) is 0 Å². The fourth-order valence-electron chi connectivity index (χ4n) is 2.44. The first-order valence-electron chi connectivity index (χ1n) is 10.1. The normalized spacial score (nSPS) is 9.59. The van der Waals surface area contributed by atoms with Crippen LogP contribution in [0.5, 0.6) is 0 Å². The molecule has 0 spiro atoms. The molecule has 4 rings (SSSR count). The van der Waals surface area contributed by atoms with Crippen molar-refractivity contribution in [1.29, 1.82) is 0 Å². The average molecular weight is 460 g/mol. The molecule has 0 saturated heterocycles. The highest BCUT2D eigenvalue weighted by Gasteiger charge is 2.09. The van der Waals surface area contributed by atoms with E-state index in [0.717, 1.165) is 11.4 Å². The van der Waals surface area contributed by atoms with Crippen LogP contribution in [0.3, 0.4) is 0 Å². The third kappa shape index (κ3) is 8.19. The summed E-state index contributed by atoms with van der Waals surface area (Å²) in [4.78, 5) is 38.0. The average Bonchev–Trinajstić information content (AvgIpc) is 2.90. The Kier molecular flexibility index (Phi) is 10.4. The Morgan fingerprint density at radius 1 is 0.588 bits per heavy atom. The Balaban J connectivity index is 0.000000219. The van der Waals surface area contributed by atoms with Gasteiger partial charge in [-0.1, -0.05) is 12.1 Å².